The van der Waals surface area contributed by atoms with Crippen molar-refractivity contribution in [2.75, 3.05) is 46.0 Å². The van der Waals surface area contributed by atoms with Crippen molar-refractivity contribution in [3.8, 4) is 23.0 Å². The highest BCUT2D eigenvalue weighted by atomic mass is 19.1. The van der Waals surface area contributed by atoms with Gasteiger partial charge in [0.25, 0.3) is 5.91 Å². The summed E-state index contributed by atoms with van der Waals surface area (Å²) in [5.74, 6) is -0.921. The summed E-state index contributed by atoms with van der Waals surface area (Å²) < 4.78 is 41.8. The van der Waals surface area contributed by atoms with Crippen LogP contribution in [0.4, 0.5) is 10.1 Å². The Kier molecular flexibility index (Phi) is 11.5. The number of hydrogen-bond donors (Lipinski definition) is 3. The quantitative estimate of drug-likeness (QED) is 0.145. The van der Waals surface area contributed by atoms with Gasteiger partial charge in [0.1, 0.15) is 18.3 Å². The lowest BCUT2D eigenvalue weighted by molar-refractivity contribution is -0.144. The number of amides is 1. The number of aliphatic hydroxyl groups excluding tert-OH is 1. The molecule has 0 aliphatic rings. The Labute approximate surface area is 243 Å². The largest absolute Gasteiger partial charge is 0.493 e. The van der Waals surface area contributed by atoms with Crippen molar-refractivity contribution in [1.82, 2.24) is 0 Å². The van der Waals surface area contributed by atoms with Crippen LogP contribution in [0.2, 0.25) is 0 Å². The Morgan fingerprint density at radius 2 is 1.57 bits per heavy atom. The van der Waals surface area contributed by atoms with Gasteiger partial charge in [-0.25, -0.2) is 9.18 Å². The first-order valence-electron chi connectivity index (χ1n) is 13.1. The van der Waals surface area contributed by atoms with Crippen molar-refractivity contribution in [2.45, 2.75) is 19.9 Å². The minimum atomic E-state index is -1.24. The number of methoxy groups -OCH3 is 2. The molecule has 1 atom stereocenters. The molecule has 0 aliphatic carbocycles. The smallest absolute Gasteiger partial charge is 0.333 e. The molecule has 3 aromatic rings. The van der Waals surface area contributed by atoms with Gasteiger partial charge < -0.3 is 39.8 Å². The first-order valence-corrected chi connectivity index (χ1v) is 13.1. The Morgan fingerprint density at radius 3 is 2.19 bits per heavy atom. The van der Waals surface area contributed by atoms with Gasteiger partial charge in [-0.3, -0.25) is 4.79 Å². The molecule has 0 aromatic heterocycles. The number of hydrogen-bond acceptors (Lipinski definition) is 9. The number of ether oxygens (including phenoxy) is 5. The van der Waals surface area contributed by atoms with Gasteiger partial charge in [-0.15, -0.1) is 0 Å². The van der Waals surface area contributed by atoms with Gasteiger partial charge in [-0.05, 0) is 62.4 Å². The fourth-order valence-electron chi connectivity index (χ4n) is 3.91. The number of esters is 1. The van der Waals surface area contributed by atoms with Crippen LogP contribution >= 0.6 is 0 Å². The number of carbonyl (C=O) groups excluding carboxylic acids is 2. The second-order valence-electron chi connectivity index (χ2n) is 8.60. The standard InChI is InChI=1S/C30H34FN3O8/c1-5-40-25-16-21(22(31)17-26(25)42-14-13-35)27(30(37)41-6-2)33-20-10-7-18(8-11-20)28(32)34-29(36)19-9-12-23(38-3)24(15-19)39-4/h7-12,15-17,27,33,35H,5-6,13-14H2,1-4H3,(H2,32,34,36). The Bertz CT molecular complexity index is 1410. The maximum atomic E-state index is 15.2. The SMILES string of the molecule is CCOC(=O)C(Nc1ccc(/C(N)=N/C(=O)c2ccc(OC)c(OC)c2)cc1)c1cc(OCC)c(OCCO)cc1F. The molecular formula is C30H34FN3O8. The van der Waals surface area contributed by atoms with Crippen molar-refractivity contribution in [3.63, 3.8) is 0 Å². The van der Waals surface area contributed by atoms with Crippen LogP contribution in [-0.4, -0.2) is 63.5 Å². The van der Waals surface area contributed by atoms with Crippen molar-refractivity contribution < 1.29 is 42.8 Å². The summed E-state index contributed by atoms with van der Waals surface area (Å²) in [5, 5.41) is 12.1. The highest BCUT2D eigenvalue weighted by Crippen LogP contribution is 2.35. The molecule has 0 saturated carbocycles. The van der Waals surface area contributed by atoms with Crippen LogP contribution < -0.4 is 30.0 Å². The van der Waals surface area contributed by atoms with Crippen LogP contribution in [0.5, 0.6) is 23.0 Å². The zero-order chi connectivity index (χ0) is 30.6. The molecule has 0 bridgehead atoms. The van der Waals surface area contributed by atoms with E-state index in [2.05, 4.69) is 10.3 Å². The van der Waals surface area contributed by atoms with Crippen LogP contribution in [0.25, 0.3) is 0 Å². The highest BCUT2D eigenvalue weighted by molar-refractivity contribution is 6.09. The van der Waals surface area contributed by atoms with E-state index in [1.165, 1.54) is 26.4 Å². The van der Waals surface area contributed by atoms with Crippen molar-refractivity contribution in [3.05, 3.63) is 77.1 Å². The third-order valence-corrected chi connectivity index (χ3v) is 5.89. The Hall–Kier alpha value is -4.84. The van der Waals surface area contributed by atoms with Gasteiger partial charge in [0, 0.05) is 28.4 Å². The third kappa shape index (κ3) is 7.88. The number of amidine groups is 1. The van der Waals surface area contributed by atoms with Crippen molar-refractivity contribution in [1.29, 1.82) is 0 Å². The summed E-state index contributed by atoms with van der Waals surface area (Å²) in [5.41, 5.74) is 7.20. The van der Waals surface area contributed by atoms with Crippen molar-refractivity contribution in [2.24, 2.45) is 10.7 Å². The number of aliphatic imine (C=N–C) groups is 1. The molecule has 4 N–H and O–H groups in total. The normalized spacial score (nSPS) is 11.8. The Balaban J connectivity index is 1.86. The summed E-state index contributed by atoms with van der Waals surface area (Å²) in [4.78, 5) is 29.6. The molecular weight excluding hydrogens is 549 g/mol. The van der Waals surface area contributed by atoms with E-state index in [-0.39, 0.29) is 54.9 Å². The third-order valence-electron chi connectivity index (χ3n) is 5.89. The zero-order valence-electron chi connectivity index (χ0n) is 23.8. The van der Waals surface area contributed by atoms with Gasteiger partial charge in [0.2, 0.25) is 0 Å². The molecule has 0 heterocycles. The van der Waals surface area contributed by atoms with Crippen LogP contribution in [0, 0.1) is 5.82 Å². The second kappa shape index (κ2) is 15.2. The number of rotatable bonds is 14. The molecule has 1 unspecified atom stereocenters. The number of anilines is 1. The monoisotopic (exact) mass is 583 g/mol. The van der Waals surface area contributed by atoms with E-state index in [4.69, 9.17) is 34.5 Å². The van der Waals surface area contributed by atoms with Gasteiger partial charge in [-0.2, -0.15) is 4.99 Å². The summed E-state index contributed by atoms with van der Waals surface area (Å²) in [7, 11) is 2.95. The predicted molar refractivity (Wildman–Crippen MR) is 154 cm³/mol. The molecule has 3 rings (SSSR count). The molecule has 1 amide bonds. The zero-order valence-corrected chi connectivity index (χ0v) is 23.8. The van der Waals surface area contributed by atoms with E-state index in [9.17, 15) is 9.59 Å². The fraction of sp³-hybridized carbons (Fsp3) is 0.300. The van der Waals surface area contributed by atoms with E-state index < -0.39 is 23.7 Å². The summed E-state index contributed by atoms with van der Waals surface area (Å²) in [6, 6.07) is 12.3. The van der Waals surface area contributed by atoms with E-state index >= 15 is 4.39 Å². The van der Waals surface area contributed by atoms with Gasteiger partial charge >= 0.3 is 5.97 Å². The number of halogens is 1. The van der Waals surface area contributed by atoms with Crippen molar-refractivity contribution >= 4 is 23.4 Å². The first-order chi connectivity index (χ1) is 20.3. The molecule has 42 heavy (non-hydrogen) atoms. The van der Waals surface area contributed by atoms with Gasteiger partial charge in [0.05, 0.1) is 34.0 Å². The Morgan fingerprint density at radius 1 is 0.905 bits per heavy atom. The lowest BCUT2D eigenvalue weighted by Crippen LogP contribution is -2.25. The number of carbonyl (C=O) groups is 2. The van der Waals surface area contributed by atoms with Gasteiger partial charge in [0.15, 0.2) is 29.0 Å². The average molecular weight is 584 g/mol. The predicted octanol–water partition coefficient (Wildman–Crippen LogP) is 3.87. The van der Waals surface area contributed by atoms with Crippen LogP contribution in [0.1, 0.15) is 41.4 Å². The molecule has 0 saturated heterocycles. The lowest BCUT2D eigenvalue weighted by atomic mass is 10.0. The molecule has 0 spiro atoms. The van der Waals surface area contributed by atoms with E-state index in [1.54, 1.807) is 50.2 Å². The van der Waals surface area contributed by atoms with E-state index in [1.807, 2.05) is 0 Å². The minimum absolute atomic E-state index is 0.0288. The maximum Gasteiger partial charge on any atom is 0.333 e. The van der Waals surface area contributed by atoms with Crippen LogP contribution in [-0.2, 0) is 9.53 Å². The van der Waals surface area contributed by atoms with Crippen LogP contribution in [0.3, 0.4) is 0 Å². The summed E-state index contributed by atoms with van der Waals surface area (Å²) >= 11 is 0. The molecule has 0 aliphatic heterocycles. The summed E-state index contributed by atoms with van der Waals surface area (Å²) in [6.45, 7) is 3.40. The number of aliphatic hydroxyl groups is 1. The minimum Gasteiger partial charge on any atom is -0.493 e. The topological polar surface area (TPSA) is 151 Å². The summed E-state index contributed by atoms with van der Waals surface area (Å²) in [6.07, 6.45) is 0. The van der Waals surface area contributed by atoms with Gasteiger partial charge in [-0.1, -0.05) is 0 Å². The maximum absolute atomic E-state index is 15.2. The molecule has 3 aromatic carbocycles. The molecule has 11 nitrogen and oxygen atoms in total. The average Bonchev–Trinajstić information content (AvgIpc) is 2.99. The number of nitrogens with zero attached hydrogens (tertiary/aromatic N) is 1. The van der Waals surface area contributed by atoms with E-state index in [0.717, 1.165) is 6.07 Å². The lowest BCUT2D eigenvalue weighted by Gasteiger charge is -2.21. The molecule has 224 valence electrons. The first kappa shape index (κ1) is 31.7. The number of nitrogens with two attached hydrogens (primary N) is 1. The highest BCUT2D eigenvalue weighted by Gasteiger charge is 2.27. The van der Waals surface area contributed by atoms with Crippen LogP contribution in [0.15, 0.2) is 59.6 Å². The van der Waals surface area contributed by atoms with E-state index in [0.29, 0.717) is 22.7 Å². The molecule has 0 radical (unpaired) electrons. The number of benzene rings is 3. The molecule has 0 fully saturated rings. The second-order valence-corrected chi connectivity index (χ2v) is 8.60. The fourth-order valence-corrected chi connectivity index (χ4v) is 3.91. The molecule has 12 heteroatoms. The number of nitrogens with one attached hydrogen (secondary N) is 1.